The Hall–Kier alpha value is -4.99. The van der Waals surface area contributed by atoms with E-state index in [-0.39, 0.29) is 120 Å². The van der Waals surface area contributed by atoms with Crippen LogP contribution in [0.3, 0.4) is 0 Å². The number of ether oxygens (including phenoxy) is 5. The first-order chi connectivity index (χ1) is 28.4. The second-order valence-corrected chi connectivity index (χ2v) is 14.9. The number of hydrogen-bond donors (Lipinski definition) is 2. The minimum Gasteiger partial charge on any atom is -0.522 e. The molecule has 1 fully saturated rings. The Balaban J connectivity index is 0.00000410. The predicted molar refractivity (Wildman–Crippen MR) is 220 cm³/mol. The van der Waals surface area contributed by atoms with Crippen molar-refractivity contribution >= 4 is 35.0 Å². The van der Waals surface area contributed by atoms with Gasteiger partial charge >= 0.3 is 0 Å². The Bertz CT molecular complexity index is 2190. The number of fused-ring (bicyclic) bond motifs is 1. The number of anilines is 1. The van der Waals surface area contributed by atoms with Crippen LogP contribution in [0, 0.1) is 57.1 Å². The number of imide groups is 1. The molecule has 2 aliphatic heterocycles. The summed E-state index contributed by atoms with van der Waals surface area (Å²) in [5.74, 6) is -0.376. The van der Waals surface area contributed by atoms with Gasteiger partial charge in [0.1, 0.15) is 18.4 Å². The van der Waals surface area contributed by atoms with E-state index in [0.29, 0.717) is 58.6 Å². The minimum atomic E-state index is -0.772. The summed E-state index contributed by atoms with van der Waals surface area (Å²) in [6.45, 7) is 10.00. The second-order valence-electron chi connectivity index (χ2n) is 14.9. The van der Waals surface area contributed by atoms with Crippen LogP contribution < -0.4 is 14.8 Å². The third-order valence-corrected chi connectivity index (χ3v) is 10.1. The fraction of sp³-hybridized carbons (Fsp3) is 0.419. The number of hydrogen-bond acceptors (Lipinski definition) is 13. The predicted octanol–water partition coefficient (Wildman–Crippen LogP) is 5.65. The number of amides is 4. The molecule has 2 N–H and O–H groups in total. The zero-order valence-corrected chi connectivity index (χ0v) is 39.6. The van der Waals surface area contributed by atoms with E-state index >= 15 is 0 Å². The standard InChI is InChI=1S/C42H49N8O9.CH3.U/c1-27-38(46-47-50(27)29-8-6-9-30(25-29)55-5)39(52)44-34-24-28(42(2,3)4)12-14-36(34)59-23-22-58-21-20-57-19-18-56-17-16-48-37(51)15-13-35(41(48)54)49-26-32-31(40(49)53)10-7-11-33(32)45-43;;/h6-7,9-12,14,24-25,35,43H,13,15-23,26H2,1-5H3,(H,44,52);1H3;/q2*-1;. The van der Waals surface area contributed by atoms with Gasteiger partial charge in [0.05, 0.1) is 70.4 Å². The summed E-state index contributed by atoms with van der Waals surface area (Å²) < 4.78 is 29.8. The van der Waals surface area contributed by atoms with Crippen molar-refractivity contribution in [1.29, 1.82) is 5.53 Å². The van der Waals surface area contributed by atoms with Crippen molar-refractivity contribution in [3.05, 3.63) is 96.2 Å². The summed E-state index contributed by atoms with van der Waals surface area (Å²) >= 11 is 0. The van der Waals surface area contributed by atoms with Gasteiger partial charge in [0, 0.05) is 61.0 Å². The molecule has 324 valence electrons. The minimum absolute atomic E-state index is 0. The molecule has 1 atom stereocenters. The molecule has 18 heteroatoms. The molecule has 0 aliphatic carbocycles. The normalized spacial score (nSPS) is 14.9. The van der Waals surface area contributed by atoms with E-state index in [0.717, 1.165) is 10.5 Å². The SMILES string of the molecule is COc1cc[c-]c(-n2nnc(C(=O)Nc3cc(C(C)(C)C)ccc3OCCOCCOCCOCCN3C(=O)CCC(N4Cc5c(N=N)cccc5C4=O)C3=O)c2C)c1.[CH3-].[U]. The van der Waals surface area contributed by atoms with Crippen molar-refractivity contribution in [3.63, 3.8) is 0 Å². The molecule has 4 aromatic rings. The average Bonchev–Trinajstić information content (AvgIpc) is 3.78. The molecule has 1 saturated heterocycles. The molecule has 3 heterocycles. The van der Waals surface area contributed by atoms with E-state index in [2.05, 4.69) is 47.6 Å². The zero-order chi connectivity index (χ0) is 42.1. The molecule has 3 aromatic carbocycles. The summed E-state index contributed by atoms with van der Waals surface area (Å²) in [7, 11) is 1.57. The van der Waals surface area contributed by atoms with Crippen molar-refractivity contribution < 1.29 is 74.0 Å². The maximum absolute atomic E-state index is 13.5. The maximum atomic E-state index is 13.5. The van der Waals surface area contributed by atoms with Gasteiger partial charge in [-0.05, 0) is 54.3 Å². The van der Waals surface area contributed by atoms with Crippen LogP contribution in [0.2, 0.25) is 0 Å². The number of carbonyl (C=O) groups excluding carboxylic acids is 4. The number of aromatic nitrogens is 3. The summed E-state index contributed by atoms with van der Waals surface area (Å²) in [6, 6.07) is 18.2. The van der Waals surface area contributed by atoms with Gasteiger partial charge in [-0.1, -0.05) is 38.1 Å². The number of nitrogens with zero attached hydrogens (tertiary/aromatic N) is 6. The first-order valence-electron chi connectivity index (χ1n) is 19.4. The quantitative estimate of drug-likeness (QED) is 0.0509. The summed E-state index contributed by atoms with van der Waals surface area (Å²) in [5.41, 5.74) is 11.4. The summed E-state index contributed by atoms with van der Waals surface area (Å²) in [5, 5.41) is 14.8. The van der Waals surface area contributed by atoms with Gasteiger partial charge in [-0.3, -0.25) is 24.1 Å². The Kier molecular flexibility index (Phi) is 17.7. The van der Waals surface area contributed by atoms with Gasteiger partial charge < -0.3 is 41.3 Å². The second kappa shape index (κ2) is 22.2. The Morgan fingerprint density at radius 1 is 0.984 bits per heavy atom. The van der Waals surface area contributed by atoms with Crippen LogP contribution >= 0.6 is 0 Å². The number of piperidine rings is 1. The number of carbonyl (C=O) groups is 4. The molecule has 17 nitrogen and oxygen atoms in total. The van der Waals surface area contributed by atoms with Crippen molar-refractivity contribution in [3.8, 4) is 17.2 Å². The van der Waals surface area contributed by atoms with Crippen molar-refractivity contribution in [2.75, 3.05) is 65.2 Å². The van der Waals surface area contributed by atoms with Crippen molar-refractivity contribution in [2.45, 2.75) is 58.5 Å². The van der Waals surface area contributed by atoms with Crippen LogP contribution in [-0.4, -0.2) is 114 Å². The molecule has 2 aliphatic rings. The smallest absolute Gasteiger partial charge is 0.278 e. The topological polar surface area (TPSA) is 200 Å². The third kappa shape index (κ3) is 11.7. The number of rotatable bonds is 19. The fourth-order valence-corrected chi connectivity index (χ4v) is 6.80. The number of likely N-dealkylation sites (tertiary alicyclic amines) is 1. The van der Waals surface area contributed by atoms with Gasteiger partial charge in [-0.15, -0.1) is 17.2 Å². The van der Waals surface area contributed by atoms with Gasteiger partial charge in [0.15, 0.2) is 5.69 Å². The first-order valence-corrected chi connectivity index (χ1v) is 19.4. The third-order valence-electron chi connectivity index (χ3n) is 10.1. The van der Waals surface area contributed by atoms with Crippen LogP contribution in [0.15, 0.2) is 59.7 Å². The van der Waals surface area contributed by atoms with E-state index in [9.17, 15) is 19.2 Å². The van der Waals surface area contributed by atoms with E-state index in [1.165, 1.54) is 9.58 Å². The molecular formula is C43H52N8O9U-2. The molecule has 0 saturated carbocycles. The largest absolute Gasteiger partial charge is 0.522 e. The number of nitrogens with one attached hydrogen (secondary N) is 2. The van der Waals surface area contributed by atoms with Gasteiger partial charge in [-0.2, -0.15) is 17.2 Å². The molecule has 1 aromatic heterocycles. The summed E-state index contributed by atoms with van der Waals surface area (Å²) in [6.07, 6.45) is 0.378. The first kappa shape index (κ1) is 48.7. The molecule has 0 radical (unpaired) electrons. The number of benzene rings is 3. The maximum Gasteiger partial charge on any atom is 0.278 e. The van der Waals surface area contributed by atoms with Crippen LogP contribution in [0.1, 0.15) is 71.3 Å². The van der Waals surface area contributed by atoms with E-state index < -0.39 is 17.9 Å². The number of methoxy groups -OCH3 is 1. The van der Waals surface area contributed by atoms with Gasteiger partial charge in [0.2, 0.25) is 5.91 Å². The zero-order valence-electron chi connectivity index (χ0n) is 35.4. The molecule has 0 spiro atoms. The van der Waals surface area contributed by atoms with Crippen LogP contribution in [0.25, 0.3) is 5.69 Å². The molecule has 0 bridgehead atoms. The summed E-state index contributed by atoms with van der Waals surface area (Å²) in [4.78, 5) is 55.1. The van der Waals surface area contributed by atoms with E-state index in [1.807, 2.05) is 18.2 Å². The Morgan fingerprint density at radius 3 is 2.38 bits per heavy atom. The van der Waals surface area contributed by atoms with Crippen LogP contribution in [0.4, 0.5) is 11.4 Å². The molecule has 61 heavy (non-hydrogen) atoms. The average molecular weight is 1060 g/mol. The van der Waals surface area contributed by atoms with E-state index in [1.54, 1.807) is 50.4 Å². The molecule has 6 rings (SSSR count). The van der Waals surface area contributed by atoms with Gasteiger partial charge in [-0.25, -0.2) is 10.2 Å². The van der Waals surface area contributed by atoms with Crippen LogP contribution in [-0.2, 0) is 35.8 Å². The Morgan fingerprint density at radius 2 is 1.69 bits per heavy atom. The molecular weight excluding hydrogens is 1010 g/mol. The van der Waals surface area contributed by atoms with Crippen molar-refractivity contribution in [1.82, 2.24) is 24.8 Å². The molecule has 4 amide bonds. The molecule has 1 unspecified atom stereocenters. The monoisotopic (exact) mass is 1060 g/mol. The van der Waals surface area contributed by atoms with Crippen molar-refractivity contribution in [2.24, 2.45) is 5.11 Å². The van der Waals surface area contributed by atoms with E-state index in [4.69, 9.17) is 29.2 Å². The Labute approximate surface area is 379 Å². The fourth-order valence-electron chi connectivity index (χ4n) is 6.80. The van der Waals surface area contributed by atoms with Gasteiger partial charge in [0.25, 0.3) is 17.7 Å². The van der Waals surface area contributed by atoms with Crippen LogP contribution in [0.5, 0.6) is 11.5 Å².